The topological polar surface area (TPSA) is 60.5 Å². The maximum Gasteiger partial charge on any atom is 0.0858 e. The molecule has 1 N–H and O–H groups in total. The van der Waals surface area contributed by atoms with Crippen LogP contribution in [-0.2, 0) is 6.54 Å². The molecule has 0 aliphatic carbocycles. The van der Waals surface area contributed by atoms with Gasteiger partial charge in [-0.1, -0.05) is 23.7 Å². The lowest BCUT2D eigenvalue weighted by molar-refractivity contribution is 0.699. The third kappa shape index (κ3) is 5.35. The van der Waals surface area contributed by atoms with Crippen molar-refractivity contribution < 1.29 is 0 Å². The van der Waals surface area contributed by atoms with Gasteiger partial charge in [0.25, 0.3) is 0 Å². The molecule has 0 aliphatic heterocycles. The average Bonchev–Trinajstić information content (AvgIpc) is 2.52. The van der Waals surface area contributed by atoms with Gasteiger partial charge < -0.3 is 5.32 Å². The number of rotatable bonds is 6. The zero-order valence-corrected chi connectivity index (χ0v) is 12.2. The van der Waals surface area contributed by atoms with Crippen LogP contribution in [-0.4, -0.2) is 6.54 Å². The number of benzene rings is 2. The van der Waals surface area contributed by atoms with Crippen molar-refractivity contribution in [1.82, 2.24) is 5.32 Å². The molecule has 2 aromatic carbocycles. The number of hydrogen-bond acceptors (Lipinski definition) is 4. The van der Waals surface area contributed by atoms with Crippen LogP contribution in [0.15, 0.2) is 58.8 Å². The zero-order chi connectivity index (χ0) is 14.9. The second kappa shape index (κ2) is 8.15. The molecule has 0 unspecified atom stereocenters. The minimum atomic E-state index is 0.521. The fraction of sp³-hybridized carbons (Fsp3) is 0.188. The Bertz CT molecular complexity index is 627. The van der Waals surface area contributed by atoms with Gasteiger partial charge in [-0.2, -0.15) is 15.5 Å². The molecule has 106 valence electrons. The Morgan fingerprint density at radius 1 is 0.952 bits per heavy atom. The number of nitriles is 1. The molecule has 0 atom stereocenters. The number of azo groups is 1. The predicted molar refractivity (Wildman–Crippen MR) is 84.0 cm³/mol. The highest BCUT2D eigenvalue weighted by Gasteiger charge is 1.95. The molecule has 0 saturated carbocycles. The zero-order valence-electron chi connectivity index (χ0n) is 11.5. The summed E-state index contributed by atoms with van der Waals surface area (Å²) in [6.45, 7) is 1.45. The van der Waals surface area contributed by atoms with E-state index in [1.165, 1.54) is 0 Å². The van der Waals surface area contributed by atoms with E-state index in [0.29, 0.717) is 18.0 Å². The third-order valence-electron chi connectivity index (χ3n) is 2.79. The Morgan fingerprint density at radius 2 is 1.52 bits per heavy atom. The van der Waals surface area contributed by atoms with Gasteiger partial charge in [0.15, 0.2) is 0 Å². The number of halogens is 1. The van der Waals surface area contributed by atoms with Gasteiger partial charge in [-0.3, -0.25) is 0 Å². The fourth-order valence-corrected chi connectivity index (χ4v) is 1.81. The van der Waals surface area contributed by atoms with Crippen LogP contribution in [0.1, 0.15) is 12.0 Å². The largest absolute Gasteiger partial charge is 0.312 e. The molecule has 0 radical (unpaired) electrons. The van der Waals surface area contributed by atoms with E-state index in [2.05, 4.69) is 21.6 Å². The average molecular weight is 299 g/mol. The van der Waals surface area contributed by atoms with Crippen molar-refractivity contribution in [1.29, 1.82) is 5.26 Å². The summed E-state index contributed by atoms with van der Waals surface area (Å²) in [5.74, 6) is 0. The van der Waals surface area contributed by atoms with Crippen LogP contribution >= 0.6 is 11.6 Å². The molecular formula is C16H15ClN4. The van der Waals surface area contributed by atoms with Crippen LogP contribution in [0.5, 0.6) is 0 Å². The Labute approximate surface area is 129 Å². The predicted octanol–water partition coefficient (Wildman–Crippen LogP) is 4.76. The van der Waals surface area contributed by atoms with E-state index in [9.17, 15) is 0 Å². The molecule has 2 rings (SSSR count). The lowest BCUT2D eigenvalue weighted by atomic mass is 10.2. The number of nitrogens with one attached hydrogen (secondary N) is 1. The maximum absolute atomic E-state index is 8.45. The lowest BCUT2D eigenvalue weighted by Gasteiger charge is -2.02. The van der Waals surface area contributed by atoms with Crippen molar-refractivity contribution in [3.8, 4) is 6.07 Å². The van der Waals surface area contributed by atoms with Crippen molar-refractivity contribution in [2.24, 2.45) is 10.2 Å². The molecule has 0 bridgehead atoms. The Hall–Kier alpha value is -2.22. The first kappa shape index (κ1) is 15.2. The Kier molecular flexibility index (Phi) is 5.89. The number of hydrogen-bond donors (Lipinski definition) is 1. The molecule has 2 aromatic rings. The second-order valence-electron chi connectivity index (χ2n) is 4.43. The van der Waals surface area contributed by atoms with Crippen LogP contribution in [0.25, 0.3) is 0 Å². The van der Waals surface area contributed by atoms with Gasteiger partial charge in [-0.05, 0) is 42.0 Å². The van der Waals surface area contributed by atoms with Gasteiger partial charge in [0.2, 0.25) is 0 Å². The first-order chi connectivity index (χ1) is 10.3. The summed E-state index contributed by atoms with van der Waals surface area (Å²) in [5, 5.41) is 20.7. The molecule has 0 spiro atoms. The van der Waals surface area contributed by atoms with E-state index in [-0.39, 0.29) is 0 Å². The van der Waals surface area contributed by atoms with E-state index in [0.717, 1.165) is 23.5 Å². The van der Waals surface area contributed by atoms with Gasteiger partial charge >= 0.3 is 0 Å². The van der Waals surface area contributed by atoms with E-state index in [4.69, 9.17) is 16.9 Å². The van der Waals surface area contributed by atoms with Crippen molar-refractivity contribution >= 4 is 23.0 Å². The molecule has 0 aliphatic rings. The van der Waals surface area contributed by atoms with E-state index in [1.54, 1.807) is 12.1 Å². The lowest BCUT2D eigenvalue weighted by Crippen LogP contribution is -2.13. The van der Waals surface area contributed by atoms with Gasteiger partial charge in [0, 0.05) is 24.5 Å². The summed E-state index contributed by atoms with van der Waals surface area (Å²) in [4.78, 5) is 0. The van der Waals surface area contributed by atoms with Crippen molar-refractivity contribution in [2.75, 3.05) is 6.54 Å². The highest BCUT2D eigenvalue weighted by molar-refractivity contribution is 6.30. The normalized spacial score (nSPS) is 10.7. The molecule has 0 amide bonds. The van der Waals surface area contributed by atoms with Crippen molar-refractivity contribution in [3.63, 3.8) is 0 Å². The second-order valence-corrected chi connectivity index (χ2v) is 4.86. The summed E-state index contributed by atoms with van der Waals surface area (Å²) in [6, 6.07) is 17.1. The van der Waals surface area contributed by atoms with Gasteiger partial charge in [-0.25, -0.2) is 0 Å². The summed E-state index contributed by atoms with van der Waals surface area (Å²) in [5.41, 5.74) is 2.71. The molecule has 0 fully saturated rings. The van der Waals surface area contributed by atoms with E-state index >= 15 is 0 Å². The molecule has 4 nitrogen and oxygen atoms in total. The van der Waals surface area contributed by atoms with Crippen LogP contribution < -0.4 is 5.32 Å². The highest BCUT2D eigenvalue weighted by atomic mass is 35.5. The van der Waals surface area contributed by atoms with Gasteiger partial charge in [0.05, 0.1) is 17.4 Å². The summed E-state index contributed by atoms with van der Waals surface area (Å²) in [6.07, 6.45) is 0.521. The van der Waals surface area contributed by atoms with Crippen molar-refractivity contribution in [3.05, 3.63) is 59.1 Å². The quantitative estimate of drug-likeness (QED) is 0.617. The molecular weight excluding hydrogens is 284 g/mol. The minimum absolute atomic E-state index is 0.521. The smallest absolute Gasteiger partial charge is 0.0858 e. The maximum atomic E-state index is 8.45. The summed E-state index contributed by atoms with van der Waals surface area (Å²) in [7, 11) is 0. The Morgan fingerprint density at radius 3 is 2.10 bits per heavy atom. The van der Waals surface area contributed by atoms with Crippen molar-refractivity contribution in [2.45, 2.75) is 13.0 Å². The molecule has 5 heteroatoms. The first-order valence-electron chi connectivity index (χ1n) is 6.62. The molecule has 0 heterocycles. The monoisotopic (exact) mass is 298 g/mol. The van der Waals surface area contributed by atoms with E-state index < -0.39 is 0 Å². The fourth-order valence-electron chi connectivity index (χ4n) is 1.68. The number of nitrogens with zero attached hydrogens (tertiary/aromatic N) is 3. The highest BCUT2D eigenvalue weighted by Crippen LogP contribution is 2.20. The van der Waals surface area contributed by atoms with E-state index in [1.807, 2.05) is 36.4 Å². The standard InChI is InChI=1S/C16H15ClN4/c17-14-4-8-16(9-5-14)21-20-15-6-2-13(3-7-15)12-19-11-1-10-18/h2-9,19H,1,11-12H2. The molecule has 21 heavy (non-hydrogen) atoms. The van der Waals surface area contributed by atoms with Crippen LogP contribution in [0.3, 0.4) is 0 Å². The minimum Gasteiger partial charge on any atom is -0.312 e. The van der Waals surface area contributed by atoms with Crippen LogP contribution in [0, 0.1) is 11.3 Å². The van der Waals surface area contributed by atoms with Gasteiger partial charge in [-0.15, -0.1) is 0 Å². The SMILES string of the molecule is N#CCCNCc1ccc(N=Nc2ccc(Cl)cc2)cc1. The molecule has 0 saturated heterocycles. The van der Waals surface area contributed by atoms with Crippen LogP contribution in [0.4, 0.5) is 11.4 Å². The van der Waals surface area contributed by atoms with Gasteiger partial charge in [0.1, 0.15) is 0 Å². The Balaban J connectivity index is 1.90. The molecule has 0 aromatic heterocycles. The van der Waals surface area contributed by atoms with Crippen LogP contribution in [0.2, 0.25) is 5.02 Å². The summed E-state index contributed by atoms with van der Waals surface area (Å²) < 4.78 is 0. The summed E-state index contributed by atoms with van der Waals surface area (Å²) >= 11 is 5.81. The first-order valence-corrected chi connectivity index (χ1v) is 6.99. The third-order valence-corrected chi connectivity index (χ3v) is 3.04.